The molecule has 8 heteroatoms. The summed E-state index contributed by atoms with van der Waals surface area (Å²) >= 11 is 12.1. The van der Waals surface area contributed by atoms with E-state index in [1.807, 2.05) is 12.1 Å². The van der Waals surface area contributed by atoms with Gasteiger partial charge < -0.3 is 14.5 Å². The number of esters is 1. The zero-order valence-electron chi connectivity index (χ0n) is 16.5. The highest BCUT2D eigenvalue weighted by atomic mass is 35.5. The van der Waals surface area contributed by atoms with E-state index < -0.39 is 11.6 Å². The molecule has 0 atom stereocenters. The van der Waals surface area contributed by atoms with Crippen LogP contribution in [0.3, 0.4) is 0 Å². The van der Waals surface area contributed by atoms with Crippen LogP contribution in [0.2, 0.25) is 10.0 Å². The fourth-order valence-corrected chi connectivity index (χ4v) is 3.48. The van der Waals surface area contributed by atoms with Gasteiger partial charge in [-0.3, -0.25) is 14.4 Å². The first-order valence-corrected chi connectivity index (χ1v) is 10.0. The number of hydrogen-bond donors (Lipinski definition) is 0. The van der Waals surface area contributed by atoms with Gasteiger partial charge >= 0.3 is 5.97 Å². The summed E-state index contributed by atoms with van der Waals surface area (Å²) in [5, 5.41) is 1.15. The topological polar surface area (TPSA) is 66.9 Å². The second-order valence-electron chi connectivity index (χ2n) is 7.80. The van der Waals surface area contributed by atoms with Crippen molar-refractivity contribution in [3.05, 3.63) is 28.2 Å². The number of piperazine rings is 1. The lowest BCUT2D eigenvalue weighted by Crippen LogP contribution is -2.48. The van der Waals surface area contributed by atoms with E-state index in [2.05, 4.69) is 4.90 Å². The molecule has 0 spiro atoms. The van der Waals surface area contributed by atoms with Crippen LogP contribution in [0.5, 0.6) is 0 Å². The van der Waals surface area contributed by atoms with E-state index in [4.69, 9.17) is 27.9 Å². The van der Waals surface area contributed by atoms with Crippen LogP contribution >= 0.6 is 23.2 Å². The number of amides is 1. The summed E-state index contributed by atoms with van der Waals surface area (Å²) in [6.45, 7) is 7.68. The van der Waals surface area contributed by atoms with E-state index in [1.54, 1.807) is 31.7 Å². The van der Waals surface area contributed by atoms with Gasteiger partial charge in [-0.05, 0) is 39.0 Å². The molecule has 1 amide bonds. The fourth-order valence-electron chi connectivity index (χ4n) is 2.97. The number of carbonyl (C=O) groups excluding carboxylic acids is 3. The summed E-state index contributed by atoms with van der Waals surface area (Å²) in [5.41, 5.74) is 0.303. The van der Waals surface area contributed by atoms with Gasteiger partial charge in [0.1, 0.15) is 17.8 Å². The number of benzene rings is 1. The minimum Gasteiger partial charge on any atom is -0.460 e. The number of halogens is 2. The van der Waals surface area contributed by atoms with Crippen molar-refractivity contribution < 1.29 is 19.1 Å². The number of rotatable bonds is 6. The molecule has 1 aromatic carbocycles. The summed E-state index contributed by atoms with van der Waals surface area (Å²) < 4.78 is 5.12. The van der Waals surface area contributed by atoms with Crippen molar-refractivity contribution in [2.45, 2.75) is 45.6 Å². The standard InChI is InChI=1S/C20H26Cl2N2O4/c1-20(2,3)28-19(27)13-17(25)4-5-18(26)24-8-6-23(7-9-24)16-11-14(21)10-15(22)12-16/h10-12H,4-9,13H2,1-3H3. The van der Waals surface area contributed by atoms with Crippen LogP contribution in [0.4, 0.5) is 5.69 Å². The number of ether oxygens (including phenoxy) is 1. The highest BCUT2D eigenvalue weighted by molar-refractivity contribution is 6.35. The predicted molar refractivity (Wildman–Crippen MR) is 110 cm³/mol. The molecule has 0 N–H and O–H groups in total. The average Bonchev–Trinajstić information content (AvgIpc) is 2.57. The molecule has 154 valence electrons. The first-order chi connectivity index (χ1) is 13.0. The van der Waals surface area contributed by atoms with Crippen molar-refractivity contribution in [3.63, 3.8) is 0 Å². The van der Waals surface area contributed by atoms with Gasteiger partial charge in [-0.1, -0.05) is 23.2 Å². The molecule has 1 fully saturated rings. The third-order valence-corrected chi connectivity index (χ3v) is 4.66. The molecule has 0 bridgehead atoms. The Kier molecular flexibility index (Phi) is 7.72. The molecular formula is C20H26Cl2N2O4. The molecule has 1 aromatic rings. The summed E-state index contributed by atoms with van der Waals surface area (Å²) in [5.74, 6) is -0.921. The minimum atomic E-state index is -0.625. The van der Waals surface area contributed by atoms with Gasteiger partial charge in [0, 0.05) is 54.8 Å². The summed E-state index contributed by atoms with van der Waals surface area (Å²) in [4.78, 5) is 39.8. The molecule has 2 rings (SSSR count). The Labute approximate surface area is 175 Å². The molecule has 1 saturated heterocycles. The Balaban J connectivity index is 1.76. The van der Waals surface area contributed by atoms with Gasteiger partial charge in [0.2, 0.25) is 5.91 Å². The maximum absolute atomic E-state index is 12.4. The lowest BCUT2D eigenvalue weighted by Gasteiger charge is -2.36. The van der Waals surface area contributed by atoms with E-state index in [-0.39, 0.29) is 31.0 Å². The predicted octanol–water partition coefficient (Wildman–Crippen LogP) is 3.72. The van der Waals surface area contributed by atoms with Crippen LogP contribution in [-0.4, -0.2) is 54.3 Å². The fraction of sp³-hybridized carbons (Fsp3) is 0.550. The zero-order chi connectivity index (χ0) is 20.9. The van der Waals surface area contributed by atoms with Crippen molar-refractivity contribution in [2.24, 2.45) is 0 Å². The molecule has 1 heterocycles. The third-order valence-electron chi connectivity index (χ3n) is 4.22. The summed E-state index contributed by atoms with van der Waals surface area (Å²) in [6.07, 6.45) is -0.152. The van der Waals surface area contributed by atoms with Crippen molar-refractivity contribution in [2.75, 3.05) is 31.1 Å². The average molecular weight is 429 g/mol. The molecule has 0 aromatic heterocycles. The Hall–Kier alpha value is -1.79. The van der Waals surface area contributed by atoms with Crippen molar-refractivity contribution >= 4 is 46.5 Å². The largest absolute Gasteiger partial charge is 0.460 e. The number of anilines is 1. The van der Waals surface area contributed by atoms with Crippen LogP contribution < -0.4 is 4.90 Å². The van der Waals surface area contributed by atoms with Crippen molar-refractivity contribution in [1.82, 2.24) is 4.90 Å². The van der Waals surface area contributed by atoms with Crippen LogP contribution in [0.15, 0.2) is 18.2 Å². The van der Waals surface area contributed by atoms with E-state index in [0.29, 0.717) is 36.2 Å². The lowest BCUT2D eigenvalue weighted by molar-refractivity contribution is -0.156. The van der Waals surface area contributed by atoms with Gasteiger partial charge in [-0.25, -0.2) is 0 Å². The summed E-state index contributed by atoms with van der Waals surface area (Å²) in [6, 6.07) is 5.38. The number of Topliss-reactive ketones (excluding diaryl/α,β-unsaturated/α-hetero) is 1. The number of nitrogens with zero attached hydrogens (tertiary/aromatic N) is 2. The molecule has 0 saturated carbocycles. The molecular weight excluding hydrogens is 403 g/mol. The third kappa shape index (κ3) is 7.32. The SMILES string of the molecule is CC(C)(C)OC(=O)CC(=O)CCC(=O)N1CCN(c2cc(Cl)cc(Cl)c2)CC1. The Morgan fingerprint density at radius 1 is 0.964 bits per heavy atom. The first kappa shape index (κ1) is 22.5. The van der Waals surface area contributed by atoms with E-state index in [1.165, 1.54) is 0 Å². The Morgan fingerprint density at radius 2 is 1.54 bits per heavy atom. The number of ketones is 1. The second-order valence-corrected chi connectivity index (χ2v) is 8.67. The summed E-state index contributed by atoms with van der Waals surface area (Å²) in [7, 11) is 0. The Bertz CT molecular complexity index is 718. The van der Waals surface area contributed by atoms with Crippen molar-refractivity contribution in [3.8, 4) is 0 Å². The van der Waals surface area contributed by atoms with Crippen LogP contribution in [0.1, 0.15) is 40.0 Å². The highest BCUT2D eigenvalue weighted by Crippen LogP contribution is 2.26. The quantitative estimate of drug-likeness (QED) is 0.509. The van der Waals surface area contributed by atoms with Gasteiger partial charge in [0.05, 0.1) is 0 Å². The molecule has 0 unspecified atom stereocenters. The maximum Gasteiger partial charge on any atom is 0.313 e. The highest BCUT2D eigenvalue weighted by Gasteiger charge is 2.23. The lowest BCUT2D eigenvalue weighted by atomic mass is 10.1. The van der Waals surface area contributed by atoms with Crippen LogP contribution in [-0.2, 0) is 19.1 Å². The first-order valence-electron chi connectivity index (χ1n) is 9.26. The van der Waals surface area contributed by atoms with Crippen LogP contribution in [0, 0.1) is 0 Å². The normalized spacial score (nSPS) is 14.8. The number of carbonyl (C=O) groups is 3. The van der Waals surface area contributed by atoms with E-state index in [9.17, 15) is 14.4 Å². The molecule has 28 heavy (non-hydrogen) atoms. The molecule has 0 radical (unpaired) electrons. The molecule has 1 aliphatic rings. The van der Waals surface area contributed by atoms with Gasteiger partial charge in [-0.15, -0.1) is 0 Å². The van der Waals surface area contributed by atoms with Crippen molar-refractivity contribution in [1.29, 1.82) is 0 Å². The zero-order valence-corrected chi connectivity index (χ0v) is 18.0. The molecule has 0 aliphatic carbocycles. The molecule has 6 nitrogen and oxygen atoms in total. The van der Waals surface area contributed by atoms with Gasteiger partial charge in [0.25, 0.3) is 0 Å². The second kappa shape index (κ2) is 9.61. The number of hydrogen-bond acceptors (Lipinski definition) is 5. The Morgan fingerprint density at radius 3 is 2.07 bits per heavy atom. The van der Waals surface area contributed by atoms with Gasteiger partial charge in [-0.2, -0.15) is 0 Å². The van der Waals surface area contributed by atoms with Gasteiger partial charge in [0.15, 0.2) is 0 Å². The van der Waals surface area contributed by atoms with E-state index >= 15 is 0 Å². The van der Waals surface area contributed by atoms with E-state index in [0.717, 1.165) is 5.69 Å². The smallest absolute Gasteiger partial charge is 0.313 e. The minimum absolute atomic E-state index is 0.0438. The maximum atomic E-state index is 12.4. The molecule has 1 aliphatic heterocycles. The van der Waals surface area contributed by atoms with Crippen LogP contribution in [0.25, 0.3) is 0 Å². The monoisotopic (exact) mass is 428 g/mol.